The van der Waals surface area contributed by atoms with Crippen molar-refractivity contribution in [2.45, 2.75) is 157 Å². The number of esters is 2. The molecule has 2 fully saturated rings. The molecule has 18 heteroatoms. The van der Waals surface area contributed by atoms with E-state index in [1.807, 2.05) is 84.7 Å². The Bertz CT molecular complexity index is 2830. The summed E-state index contributed by atoms with van der Waals surface area (Å²) in [6.07, 6.45) is 3.66. The zero-order chi connectivity index (χ0) is 57.0. The lowest BCUT2D eigenvalue weighted by atomic mass is 9.85. The summed E-state index contributed by atoms with van der Waals surface area (Å²) in [6.45, 7) is 19.1. The van der Waals surface area contributed by atoms with E-state index < -0.39 is 58.6 Å². The lowest BCUT2D eigenvalue weighted by molar-refractivity contribution is -0.142. The number of ether oxygens (including phenoxy) is 2. The Morgan fingerprint density at radius 1 is 0.590 bits per heavy atom. The lowest BCUT2D eigenvalue weighted by Crippen LogP contribution is -2.58. The van der Waals surface area contributed by atoms with Gasteiger partial charge in [-0.1, -0.05) is 65.8 Å². The zero-order valence-corrected chi connectivity index (χ0v) is 47.5. The maximum absolute atomic E-state index is 15.4. The van der Waals surface area contributed by atoms with Crippen LogP contribution in [0.15, 0.2) is 60.7 Å². The molecule has 0 spiro atoms. The standard InChI is InChI=1S/C60H80F2N8O8/c1-35(63-11)55(73)65-53(59(5,6)7)57(75)67-25-13-15-43(67)33-47-45-23-21-41(61)31-49(45)69(27-29-77-37(3)71)51(47)39-17-19-40(20-18-39)52-48(46-24-22-42(62)32-50(46)70(52)28-30-78-38(4)72)34-44-16-14-26-68(44)58(76)54(60(8,9)10)66-56(74)36(2)64-12/h17-24,31-32,35-36,43-44,53-54,63-64H,13-16,25-30,33-34H2,1-12H3,(H,65,73)(H,66,74)/t35-,36-,43-,44-,53+,54+/m0/s1. The molecule has 2 aliphatic heterocycles. The van der Waals surface area contributed by atoms with Crippen molar-refractivity contribution in [2.24, 2.45) is 10.8 Å². The smallest absolute Gasteiger partial charge is 0.302 e. The number of aromatic nitrogens is 2. The Kier molecular flexibility index (Phi) is 18.6. The van der Waals surface area contributed by atoms with E-state index in [4.69, 9.17) is 9.47 Å². The van der Waals surface area contributed by atoms with Gasteiger partial charge in [-0.2, -0.15) is 0 Å². The molecule has 78 heavy (non-hydrogen) atoms. The Hall–Kier alpha value is -6.66. The summed E-state index contributed by atoms with van der Waals surface area (Å²) in [5.41, 5.74) is 4.70. The molecular weight excluding hydrogens is 999 g/mol. The van der Waals surface area contributed by atoms with E-state index in [1.54, 1.807) is 40.1 Å². The number of likely N-dealkylation sites (tertiary alicyclic amines) is 2. The van der Waals surface area contributed by atoms with Gasteiger partial charge in [0.15, 0.2) is 0 Å². The predicted octanol–water partition coefficient (Wildman–Crippen LogP) is 7.68. The minimum Gasteiger partial charge on any atom is -0.464 e. The Morgan fingerprint density at radius 2 is 0.949 bits per heavy atom. The van der Waals surface area contributed by atoms with Crippen molar-refractivity contribution in [2.75, 3.05) is 40.4 Å². The average molecular weight is 1080 g/mol. The molecule has 4 N–H and O–H groups in total. The normalized spacial score (nSPS) is 17.5. The number of carbonyl (C=O) groups excluding carboxylic acids is 6. The number of nitrogens with one attached hydrogen (secondary N) is 4. The number of hydrogen-bond acceptors (Lipinski definition) is 10. The van der Waals surface area contributed by atoms with Gasteiger partial charge in [0, 0.05) is 49.8 Å². The molecule has 2 aromatic heterocycles. The first-order chi connectivity index (χ1) is 36.8. The van der Waals surface area contributed by atoms with E-state index in [9.17, 15) is 28.8 Å². The molecule has 6 atom stereocenters. The number of fused-ring (bicyclic) bond motifs is 2. The number of carbonyl (C=O) groups is 6. The van der Waals surface area contributed by atoms with Gasteiger partial charge in [0.1, 0.15) is 36.9 Å². The van der Waals surface area contributed by atoms with E-state index in [0.29, 0.717) is 49.8 Å². The fourth-order valence-corrected chi connectivity index (χ4v) is 11.2. The first-order valence-corrected chi connectivity index (χ1v) is 27.4. The summed E-state index contributed by atoms with van der Waals surface area (Å²) >= 11 is 0. The van der Waals surface area contributed by atoms with Gasteiger partial charge < -0.3 is 49.7 Å². The quantitative estimate of drug-likeness (QED) is 0.0564. The highest BCUT2D eigenvalue weighted by Gasteiger charge is 2.43. The van der Waals surface area contributed by atoms with Gasteiger partial charge in [-0.15, -0.1) is 0 Å². The molecule has 3 aromatic carbocycles. The molecule has 0 unspecified atom stereocenters. The summed E-state index contributed by atoms with van der Waals surface area (Å²) in [6, 6.07) is 14.0. The highest BCUT2D eigenvalue weighted by atomic mass is 19.1. The van der Waals surface area contributed by atoms with E-state index in [-0.39, 0.29) is 62.0 Å². The number of nitrogens with zero attached hydrogens (tertiary/aromatic N) is 4. The molecule has 0 saturated carbocycles. The van der Waals surface area contributed by atoms with Gasteiger partial charge in [-0.25, -0.2) is 8.78 Å². The number of rotatable bonds is 20. The number of halogens is 2. The largest absolute Gasteiger partial charge is 0.464 e. The molecule has 422 valence electrons. The monoisotopic (exact) mass is 1080 g/mol. The van der Waals surface area contributed by atoms with Gasteiger partial charge >= 0.3 is 11.9 Å². The highest BCUT2D eigenvalue weighted by Crippen LogP contribution is 2.42. The Morgan fingerprint density at radius 3 is 1.27 bits per heavy atom. The number of likely N-dealkylation sites (N-methyl/N-ethyl adjacent to an activating group) is 2. The van der Waals surface area contributed by atoms with Crippen LogP contribution in [0.1, 0.15) is 106 Å². The van der Waals surface area contributed by atoms with Crippen LogP contribution in [0.5, 0.6) is 0 Å². The van der Waals surface area contributed by atoms with Crippen LogP contribution in [-0.2, 0) is 64.2 Å². The predicted molar refractivity (Wildman–Crippen MR) is 298 cm³/mol. The van der Waals surface area contributed by atoms with Gasteiger partial charge in [0.25, 0.3) is 0 Å². The highest BCUT2D eigenvalue weighted by molar-refractivity contribution is 5.96. The van der Waals surface area contributed by atoms with Crippen molar-refractivity contribution in [3.8, 4) is 22.5 Å². The summed E-state index contributed by atoms with van der Waals surface area (Å²) in [7, 11) is 3.39. The van der Waals surface area contributed by atoms with Crippen LogP contribution in [0.4, 0.5) is 8.78 Å². The van der Waals surface area contributed by atoms with E-state index in [2.05, 4.69) is 21.3 Å². The van der Waals surface area contributed by atoms with Crippen molar-refractivity contribution >= 4 is 57.4 Å². The third kappa shape index (κ3) is 13.1. The van der Waals surface area contributed by atoms with Crippen LogP contribution in [-0.4, -0.2) is 131 Å². The number of amides is 4. The first-order valence-electron chi connectivity index (χ1n) is 27.4. The number of benzene rings is 3. The van der Waals surface area contributed by atoms with Crippen molar-refractivity contribution in [1.82, 2.24) is 40.2 Å². The van der Waals surface area contributed by atoms with Crippen LogP contribution >= 0.6 is 0 Å². The van der Waals surface area contributed by atoms with Crippen LogP contribution in [0, 0.1) is 22.5 Å². The van der Waals surface area contributed by atoms with E-state index in [0.717, 1.165) is 57.3 Å². The SMILES string of the molecule is CN[C@@H](C)C(=O)N[C@H](C(=O)N1CCC[C@H]1Cc1c(-c2ccc(-c3c(C[C@@H]4CCCN4C(=O)[C@@H](NC(=O)[C@H](C)NC)C(C)(C)C)c4ccc(F)cc4n3CCOC(C)=O)cc2)n(CCOC(C)=O)c2cc(F)ccc12)C(C)(C)C. The molecule has 5 aromatic rings. The Labute approximate surface area is 457 Å². The van der Waals surface area contributed by atoms with Gasteiger partial charge in [0.05, 0.1) is 47.6 Å². The van der Waals surface area contributed by atoms with E-state index in [1.165, 1.54) is 38.1 Å². The molecule has 4 heterocycles. The molecule has 0 bridgehead atoms. The summed E-state index contributed by atoms with van der Waals surface area (Å²) in [5, 5.41) is 13.5. The van der Waals surface area contributed by atoms with Gasteiger partial charge in [0.2, 0.25) is 23.6 Å². The fraction of sp³-hybridized carbons (Fsp3) is 0.533. The third-order valence-corrected chi connectivity index (χ3v) is 15.6. The summed E-state index contributed by atoms with van der Waals surface area (Å²) in [4.78, 5) is 84.0. The van der Waals surface area contributed by atoms with Gasteiger partial charge in [-0.05, 0) is 136 Å². The second-order valence-corrected chi connectivity index (χ2v) is 23.2. The topological polar surface area (TPSA) is 185 Å². The van der Waals surface area contributed by atoms with Crippen molar-refractivity contribution in [3.63, 3.8) is 0 Å². The molecule has 2 aliphatic rings. The molecule has 4 amide bonds. The average Bonchev–Trinajstić information content (AvgIpc) is 4.32. The minimum atomic E-state index is -0.809. The van der Waals surface area contributed by atoms with Crippen LogP contribution in [0.3, 0.4) is 0 Å². The maximum atomic E-state index is 15.4. The minimum absolute atomic E-state index is 0.00712. The molecular formula is C60H80F2N8O8. The molecule has 0 radical (unpaired) electrons. The second-order valence-electron chi connectivity index (χ2n) is 23.2. The maximum Gasteiger partial charge on any atom is 0.302 e. The first kappa shape index (κ1) is 59.0. The number of hydrogen-bond donors (Lipinski definition) is 4. The van der Waals surface area contributed by atoms with Crippen molar-refractivity contribution in [3.05, 3.63) is 83.4 Å². The third-order valence-electron chi connectivity index (χ3n) is 15.6. The van der Waals surface area contributed by atoms with Crippen LogP contribution in [0.2, 0.25) is 0 Å². The second kappa shape index (κ2) is 24.6. The molecule has 16 nitrogen and oxygen atoms in total. The zero-order valence-electron chi connectivity index (χ0n) is 47.5. The summed E-state index contributed by atoms with van der Waals surface area (Å²) in [5.74, 6) is -2.74. The molecule has 0 aliphatic carbocycles. The fourth-order valence-electron chi connectivity index (χ4n) is 11.2. The Balaban J connectivity index is 1.35. The van der Waals surface area contributed by atoms with Crippen molar-refractivity contribution < 1.29 is 47.0 Å². The molecule has 7 rings (SSSR count). The van der Waals surface area contributed by atoms with Crippen LogP contribution in [0.25, 0.3) is 44.3 Å². The van der Waals surface area contributed by atoms with Crippen molar-refractivity contribution in [1.29, 1.82) is 0 Å². The molecule has 2 saturated heterocycles. The van der Waals surface area contributed by atoms with E-state index >= 15 is 8.78 Å². The summed E-state index contributed by atoms with van der Waals surface area (Å²) < 4.78 is 45.8. The lowest BCUT2D eigenvalue weighted by Gasteiger charge is -2.36. The van der Waals surface area contributed by atoms with Gasteiger partial charge in [-0.3, -0.25) is 28.8 Å². The van der Waals surface area contributed by atoms with Crippen LogP contribution < -0.4 is 21.3 Å².